The highest BCUT2D eigenvalue weighted by Gasteiger charge is 2.32. The van der Waals surface area contributed by atoms with Gasteiger partial charge in [0.05, 0.1) is 24.1 Å². The lowest BCUT2D eigenvalue weighted by Gasteiger charge is -2.21. The third-order valence-corrected chi connectivity index (χ3v) is 2.96. The number of carbonyl (C=O) groups is 1. The molecular formula is C14H14N4O. The average Bonchev–Trinajstić information content (AvgIpc) is 3.24. The van der Waals surface area contributed by atoms with E-state index in [4.69, 9.17) is 10.5 Å². The SMILES string of the molecule is N#CCCN(C(=O)Nc1cccc(C#N)c1)C1CC1. The van der Waals surface area contributed by atoms with Gasteiger partial charge in [-0.3, -0.25) is 0 Å². The number of benzene rings is 1. The summed E-state index contributed by atoms with van der Waals surface area (Å²) in [7, 11) is 0. The van der Waals surface area contributed by atoms with Gasteiger partial charge in [0.1, 0.15) is 0 Å². The van der Waals surface area contributed by atoms with Crippen LogP contribution in [0.3, 0.4) is 0 Å². The zero-order valence-electron chi connectivity index (χ0n) is 10.5. The number of carbonyl (C=O) groups excluding carboxylic acids is 1. The predicted octanol–water partition coefficient (Wildman–Crippen LogP) is 2.47. The number of hydrogen-bond donors (Lipinski definition) is 1. The Hall–Kier alpha value is -2.53. The van der Waals surface area contributed by atoms with Crippen molar-refractivity contribution in [3.05, 3.63) is 29.8 Å². The molecular weight excluding hydrogens is 240 g/mol. The summed E-state index contributed by atoms with van der Waals surface area (Å²) in [6.07, 6.45) is 2.33. The average molecular weight is 254 g/mol. The summed E-state index contributed by atoms with van der Waals surface area (Å²) in [6, 6.07) is 10.9. The Morgan fingerprint density at radius 2 is 2.21 bits per heavy atom. The van der Waals surface area contributed by atoms with E-state index in [2.05, 4.69) is 11.4 Å². The summed E-state index contributed by atoms with van der Waals surface area (Å²) < 4.78 is 0. The second kappa shape index (κ2) is 5.88. The zero-order chi connectivity index (χ0) is 13.7. The summed E-state index contributed by atoms with van der Waals surface area (Å²) in [5, 5.41) is 20.2. The van der Waals surface area contributed by atoms with Crippen molar-refractivity contribution < 1.29 is 4.79 Å². The van der Waals surface area contributed by atoms with Crippen molar-refractivity contribution in [2.75, 3.05) is 11.9 Å². The Labute approximate surface area is 112 Å². The van der Waals surface area contributed by atoms with E-state index in [1.807, 2.05) is 6.07 Å². The van der Waals surface area contributed by atoms with Crippen molar-refractivity contribution in [3.8, 4) is 12.1 Å². The Kier molecular flexibility index (Phi) is 4.00. The molecule has 1 aliphatic carbocycles. The summed E-state index contributed by atoms with van der Waals surface area (Å²) in [4.78, 5) is 13.8. The number of rotatable bonds is 4. The Balaban J connectivity index is 2.02. The first-order valence-corrected chi connectivity index (χ1v) is 6.19. The first-order valence-electron chi connectivity index (χ1n) is 6.19. The van der Waals surface area contributed by atoms with Crippen molar-refractivity contribution in [2.45, 2.75) is 25.3 Å². The monoisotopic (exact) mass is 254 g/mol. The number of nitriles is 2. The number of urea groups is 1. The molecule has 1 saturated carbocycles. The maximum atomic E-state index is 12.1. The molecule has 0 aromatic heterocycles. The third-order valence-electron chi connectivity index (χ3n) is 2.96. The van der Waals surface area contributed by atoms with Gasteiger partial charge < -0.3 is 10.2 Å². The summed E-state index contributed by atoms with van der Waals surface area (Å²) in [5.74, 6) is 0. The Bertz CT molecular complexity index is 551. The number of hydrogen-bond acceptors (Lipinski definition) is 3. The van der Waals surface area contributed by atoms with Crippen LogP contribution in [0.15, 0.2) is 24.3 Å². The van der Waals surface area contributed by atoms with Crippen LogP contribution in [0.4, 0.5) is 10.5 Å². The molecule has 19 heavy (non-hydrogen) atoms. The van der Waals surface area contributed by atoms with E-state index < -0.39 is 0 Å². The summed E-state index contributed by atoms with van der Waals surface area (Å²) >= 11 is 0. The van der Waals surface area contributed by atoms with Crippen molar-refractivity contribution in [3.63, 3.8) is 0 Å². The lowest BCUT2D eigenvalue weighted by molar-refractivity contribution is 0.210. The van der Waals surface area contributed by atoms with Crippen LogP contribution in [0.25, 0.3) is 0 Å². The Morgan fingerprint density at radius 3 is 2.84 bits per heavy atom. The molecule has 5 nitrogen and oxygen atoms in total. The van der Waals surface area contributed by atoms with Gasteiger partial charge in [0.15, 0.2) is 0 Å². The van der Waals surface area contributed by atoms with Gasteiger partial charge >= 0.3 is 6.03 Å². The van der Waals surface area contributed by atoms with Gasteiger partial charge in [-0.05, 0) is 31.0 Å². The predicted molar refractivity (Wildman–Crippen MR) is 70.1 cm³/mol. The molecule has 2 amide bonds. The Morgan fingerprint density at radius 1 is 1.42 bits per heavy atom. The lowest BCUT2D eigenvalue weighted by atomic mass is 10.2. The summed E-state index contributed by atoms with van der Waals surface area (Å²) in [6.45, 7) is 0.449. The molecule has 1 N–H and O–H groups in total. The van der Waals surface area contributed by atoms with Crippen LogP contribution < -0.4 is 5.32 Å². The third kappa shape index (κ3) is 3.46. The molecule has 0 saturated heterocycles. The molecule has 0 spiro atoms. The van der Waals surface area contributed by atoms with E-state index in [0.717, 1.165) is 12.8 Å². The van der Waals surface area contributed by atoms with Gasteiger partial charge in [-0.25, -0.2) is 4.79 Å². The van der Waals surface area contributed by atoms with Crippen LogP contribution in [0.2, 0.25) is 0 Å². The fraction of sp³-hybridized carbons (Fsp3) is 0.357. The number of anilines is 1. The van der Waals surface area contributed by atoms with E-state index in [1.54, 1.807) is 29.2 Å². The quantitative estimate of drug-likeness (QED) is 0.896. The van der Waals surface area contributed by atoms with Crippen molar-refractivity contribution >= 4 is 11.7 Å². The van der Waals surface area contributed by atoms with Crippen molar-refractivity contribution in [1.29, 1.82) is 10.5 Å². The van der Waals surface area contributed by atoms with Crippen LogP contribution in [0.5, 0.6) is 0 Å². The van der Waals surface area contributed by atoms with Crippen LogP contribution in [-0.2, 0) is 0 Å². The zero-order valence-corrected chi connectivity index (χ0v) is 10.5. The van der Waals surface area contributed by atoms with Crippen molar-refractivity contribution in [1.82, 2.24) is 4.90 Å². The molecule has 0 unspecified atom stereocenters. The molecule has 0 bridgehead atoms. The second-order valence-electron chi connectivity index (χ2n) is 4.46. The molecule has 0 atom stereocenters. The topological polar surface area (TPSA) is 79.9 Å². The number of amides is 2. The minimum absolute atomic E-state index is 0.201. The normalized spacial score (nSPS) is 13.2. The first kappa shape index (κ1) is 12.9. The lowest BCUT2D eigenvalue weighted by Crippen LogP contribution is -2.37. The van der Waals surface area contributed by atoms with Gasteiger partial charge in [-0.15, -0.1) is 0 Å². The second-order valence-corrected chi connectivity index (χ2v) is 4.46. The number of nitrogens with zero attached hydrogens (tertiary/aromatic N) is 3. The van der Waals surface area contributed by atoms with Crippen LogP contribution >= 0.6 is 0 Å². The van der Waals surface area contributed by atoms with Crippen LogP contribution in [0.1, 0.15) is 24.8 Å². The minimum Gasteiger partial charge on any atom is -0.321 e. The molecule has 1 aromatic rings. The summed E-state index contributed by atoms with van der Waals surface area (Å²) in [5.41, 5.74) is 1.11. The molecule has 5 heteroatoms. The smallest absolute Gasteiger partial charge is 0.321 e. The standard InChI is InChI=1S/C14H14N4O/c15-7-2-8-18(13-5-6-13)14(19)17-12-4-1-3-11(9-12)10-16/h1,3-4,9,13H,2,5-6,8H2,(H,17,19). The fourth-order valence-electron chi connectivity index (χ4n) is 1.87. The molecule has 1 aromatic carbocycles. The molecule has 0 heterocycles. The molecule has 96 valence electrons. The van der Waals surface area contributed by atoms with Gasteiger partial charge in [0.25, 0.3) is 0 Å². The van der Waals surface area contributed by atoms with E-state index >= 15 is 0 Å². The first-order chi connectivity index (χ1) is 9.24. The van der Waals surface area contributed by atoms with Crippen molar-refractivity contribution in [2.24, 2.45) is 0 Å². The van der Waals surface area contributed by atoms with Gasteiger partial charge in [0.2, 0.25) is 0 Å². The molecule has 0 aliphatic heterocycles. The largest absolute Gasteiger partial charge is 0.322 e. The van der Waals surface area contributed by atoms with Crippen LogP contribution in [-0.4, -0.2) is 23.5 Å². The van der Waals surface area contributed by atoms with E-state index in [1.165, 1.54) is 0 Å². The molecule has 1 aliphatic rings. The minimum atomic E-state index is -0.201. The highest BCUT2D eigenvalue weighted by molar-refractivity contribution is 5.89. The fourth-order valence-corrected chi connectivity index (χ4v) is 1.87. The molecule has 0 radical (unpaired) electrons. The van der Waals surface area contributed by atoms with Gasteiger partial charge in [-0.2, -0.15) is 10.5 Å². The maximum absolute atomic E-state index is 12.1. The maximum Gasteiger partial charge on any atom is 0.322 e. The van der Waals surface area contributed by atoms with E-state index in [-0.39, 0.29) is 12.1 Å². The molecule has 2 rings (SSSR count). The number of nitrogens with one attached hydrogen (secondary N) is 1. The van der Waals surface area contributed by atoms with E-state index in [0.29, 0.717) is 24.2 Å². The van der Waals surface area contributed by atoms with Gasteiger partial charge in [-0.1, -0.05) is 6.07 Å². The van der Waals surface area contributed by atoms with Crippen LogP contribution in [0, 0.1) is 22.7 Å². The molecule has 1 fully saturated rings. The van der Waals surface area contributed by atoms with Gasteiger partial charge in [0, 0.05) is 18.3 Å². The highest BCUT2D eigenvalue weighted by Crippen LogP contribution is 2.27. The highest BCUT2D eigenvalue weighted by atomic mass is 16.2. The van der Waals surface area contributed by atoms with E-state index in [9.17, 15) is 4.79 Å².